The number of hydrogen-bond donors (Lipinski definition) is 0. The molecule has 0 aromatic heterocycles. The summed E-state index contributed by atoms with van der Waals surface area (Å²) in [5.74, 6) is -0.128. The van der Waals surface area contributed by atoms with Gasteiger partial charge in [0.15, 0.2) is 5.78 Å². The van der Waals surface area contributed by atoms with Crippen molar-refractivity contribution in [2.75, 3.05) is 0 Å². The third kappa shape index (κ3) is 2.66. The number of carbonyl (C=O) groups excluding carboxylic acids is 1. The van der Waals surface area contributed by atoms with Crippen LogP contribution in [0.15, 0.2) is 24.3 Å². The molecule has 1 aromatic rings. The van der Waals surface area contributed by atoms with E-state index in [0.717, 1.165) is 17.5 Å². The minimum Gasteiger partial charge on any atom is -0.294 e. The predicted molar refractivity (Wildman–Crippen MR) is 59.5 cm³/mol. The first kappa shape index (κ1) is 11.5. The maximum Gasteiger partial charge on any atom is 0.166 e. The molecule has 0 bridgehead atoms. The SMILES string of the molecule is CCc1ccccc1C(=O)C(C)CC#N. The van der Waals surface area contributed by atoms with Crippen LogP contribution < -0.4 is 0 Å². The Bertz CT molecular complexity index is 390. The number of nitriles is 1. The third-order valence-electron chi connectivity index (χ3n) is 2.51. The minimum absolute atomic E-state index is 0.0778. The van der Waals surface area contributed by atoms with Crippen molar-refractivity contribution in [3.8, 4) is 6.07 Å². The molecule has 0 radical (unpaired) electrons. The second-order valence-electron chi connectivity index (χ2n) is 3.64. The summed E-state index contributed by atoms with van der Waals surface area (Å²) < 4.78 is 0. The van der Waals surface area contributed by atoms with E-state index < -0.39 is 0 Å². The van der Waals surface area contributed by atoms with Gasteiger partial charge in [0.25, 0.3) is 0 Å². The zero-order chi connectivity index (χ0) is 11.3. The molecule has 0 aliphatic rings. The topological polar surface area (TPSA) is 40.9 Å². The van der Waals surface area contributed by atoms with Crippen molar-refractivity contribution in [1.29, 1.82) is 5.26 Å². The first-order chi connectivity index (χ1) is 7.20. The second kappa shape index (κ2) is 5.31. The summed E-state index contributed by atoms with van der Waals surface area (Å²) in [4.78, 5) is 12.0. The van der Waals surface area contributed by atoms with Gasteiger partial charge >= 0.3 is 0 Å². The Morgan fingerprint density at radius 2 is 2.13 bits per heavy atom. The fourth-order valence-corrected chi connectivity index (χ4v) is 1.56. The molecule has 0 saturated carbocycles. The zero-order valence-corrected chi connectivity index (χ0v) is 9.16. The van der Waals surface area contributed by atoms with Crippen molar-refractivity contribution < 1.29 is 4.79 Å². The molecule has 1 unspecified atom stereocenters. The molecule has 0 N–H and O–H groups in total. The van der Waals surface area contributed by atoms with Gasteiger partial charge in [-0.05, 0) is 12.0 Å². The van der Waals surface area contributed by atoms with Gasteiger partial charge in [-0.1, -0.05) is 38.1 Å². The molecule has 2 nitrogen and oxygen atoms in total. The molecular weight excluding hydrogens is 186 g/mol. The van der Waals surface area contributed by atoms with Crippen LogP contribution in [0.2, 0.25) is 0 Å². The van der Waals surface area contributed by atoms with Crippen LogP contribution >= 0.6 is 0 Å². The van der Waals surface area contributed by atoms with Gasteiger partial charge < -0.3 is 0 Å². The third-order valence-corrected chi connectivity index (χ3v) is 2.51. The number of carbonyl (C=O) groups is 1. The maximum absolute atomic E-state index is 12.0. The van der Waals surface area contributed by atoms with Gasteiger partial charge in [-0.3, -0.25) is 4.79 Å². The molecule has 0 saturated heterocycles. The number of rotatable bonds is 4. The Morgan fingerprint density at radius 3 is 2.73 bits per heavy atom. The summed E-state index contributed by atoms with van der Waals surface area (Å²) in [7, 11) is 0. The molecule has 2 heteroatoms. The Labute approximate surface area is 90.5 Å². The fourth-order valence-electron chi connectivity index (χ4n) is 1.56. The van der Waals surface area contributed by atoms with E-state index in [1.54, 1.807) is 6.92 Å². The number of ketones is 1. The van der Waals surface area contributed by atoms with E-state index in [1.807, 2.05) is 37.3 Å². The molecule has 0 aliphatic carbocycles. The molecule has 1 aromatic carbocycles. The lowest BCUT2D eigenvalue weighted by atomic mass is 9.93. The van der Waals surface area contributed by atoms with Gasteiger partial charge in [-0.25, -0.2) is 0 Å². The van der Waals surface area contributed by atoms with Crippen molar-refractivity contribution in [2.24, 2.45) is 5.92 Å². The fraction of sp³-hybridized carbons (Fsp3) is 0.385. The van der Waals surface area contributed by atoms with Crippen molar-refractivity contribution in [3.05, 3.63) is 35.4 Å². The molecule has 0 heterocycles. The molecular formula is C13H15NO. The quantitative estimate of drug-likeness (QED) is 0.702. The van der Waals surface area contributed by atoms with Crippen molar-refractivity contribution in [3.63, 3.8) is 0 Å². The smallest absolute Gasteiger partial charge is 0.166 e. The van der Waals surface area contributed by atoms with Gasteiger partial charge in [0.1, 0.15) is 0 Å². The van der Waals surface area contributed by atoms with Crippen LogP contribution in [-0.4, -0.2) is 5.78 Å². The van der Waals surface area contributed by atoms with Gasteiger partial charge in [-0.2, -0.15) is 5.26 Å². The monoisotopic (exact) mass is 201 g/mol. The molecule has 0 aliphatic heterocycles. The summed E-state index contributed by atoms with van der Waals surface area (Å²) in [5, 5.41) is 8.56. The second-order valence-corrected chi connectivity index (χ2v) is 3.64. The standard InChI is InChI=1S/C13H15NO/c1-3-11-6-4-5-7-12(11)13(15)10(2)8-9-14/h4-7,10H,3,8H2,1-2H3. The largest absolute Gasteiger partial charge is 0.294 e. The molecule has 0 spiro atoms. The summed E-state index contributed by atoms with van der Waals surface area (Å²) >= 11 is 0. The zero-order valence-electron chi connectivity index (χ0n) is 9.16. The van der Waals surface area contributed by atoms with Crippen LogP contribution in [0, 0.1) is 17.2 Å². The first-order valence-corrected chi connectivity index (χ1v) is 5.19. The number of aryl methyl sites for hydroxylation is 1. The van der Waals surface area contributed by atoms with Crippen molar-refractivity contribution >= 4 is 5.78 Å². The number of nitrogens with zero attached hydrogens (tertiary/aromatic N) is 1. The van der Waals surface area contributed by atoms with Crippen LogP contribution in [0.5, 0.6) is 0 Å². The van der Waals surface area contributed by atoms with Crippen molar-refractivity contribution in [2.45, 2.75) is 26.7 Å². The van der Waals surface area contributed by atoms with E-state index in [4.69, 9.17) is 5.26 Å². The lowest BCUT2D eigenvalue weighted by molar-refractivity contribution is 0.0931. The Balaban J connectivity index is 2.96. The van der Waals surface area contributed by atoms with Crippen LogP contribution in [-0.2, 0) is 6.42 Å². The maximum atomic E-state index is 12.0. The summed E-state index contributed by atoms with van der Waals surface area (Å²) in [6.45, 7) is 3.83. The van der Waals surface area contributed by atoms with Crippen LogP contribution in [0.3, 0.4) is 0 Å². The van der Waals surface area contributed by atoms with Crippen LogP contribution in [0.25, 0.3) is 0 Å². The summed E-state index contributed by atoms with van der Waals surface area (Å²) in [6.07, 6.45) is 1.14. The van der Waals surface area contributed by atoms with Gasteiger partial charge in [0, 0.05) is 17.9 Å². The van der Waals surface area contributed by atoms with E-state index in [0.29, 0.717) is 0 Å². The van der Waals surface area contributed by atoms with E-state index in [1.165, 1.54) is 0 Å². The highest BCUT2D eigenvalue weighted by atomic mass is 16.1. The number of Topliss-reactive ketones (excluding diaryl/α,β-unsaturated/α-hetero) is 1. The average Bonchev–Trinajstić information content (AvgIpc) is 2.28. The number of benzene rings is 1. The van der Waals surface area contributed by atoms with E-state index in [2.05, 4.69) is 0 Å². The normalized spacial score (nSPS) is 11.8. The highest BCUT2D eigenvalue weighted by Crippen LogP contribution is 2.16. The van der Waals surface area contributed by atoms with Gasteiger partial charge in [0.05, 0.1) is 6.07 Å². The highest BCUT2D eigenvalue weighted by Gasteiger charge is 2.16. The van der Waals surface area contributed by atoms with Gasteiger partial charge in [0.2, 0.25) is 0 Å². The van der Waals surface area contributed by atoms with E-state index >= 15 is 0 Å². The molecule has 1 rings (SSSR count). The predicted octanol–water partition coefficient (Wildman–Crippen LogP) is 2.98. The first-order valence-electron chi connectivity index (χ1n) is 5.19. The lowest BCUT2D eigenvalue weighted by Crippen LogP contribution is -2.12. The van der Waals surface area contributed by atoms with Crippen LogP contribution in [0.1, 0.15) is 36.2 Å². The molecule has 0 amide bonds. The Morgan fingerprint density at radius 1 is 1.47 bits per heavy atom. The summed E-state index contributed by atoms with van der Waals surface area (Å²) in [6, 6.07) is 9.64. The van der Waals surface area contributed by atoms with E-state index in [9.17, 15) is 4.79 Å². The summed E-state index contributed by atoms with van der Waals surface area (Å²) in [5.41, 5.74) is 1.83. The van der Waals surface area contributed by atoms with Crippen molar-refractivity contribution in [1.82, 2.24) is 0 Å². The Hall–Kier alpha value is -1.62. The van der Waals surface area contributed by atoms with Crippen LogP contribution in [0.4, 0.5) is 0 Å². The molecule has 0 fully saturated rings. The Kier molecular flexibility index (Phi) is 4.05. The average molecular weight is 201 g/mol. The molecule has 15 heavy (non-hydrogen) atoms. The lowest BCUT2D eigenvalue weighted by Gasteiger charge is -2.09. The minimum atomic E-state index is -0.206. The van der Waals surface area contributed by atoms with E-state index in [-0.39, 0.29) is 18.1 Å². The van der Waals surface area contributed by atoms with Gasteiger partial charge in [-0.15, -0.1) is 0 Å². The highest BCUT2D eigenvalue weighted by molar-refractivity contribution is 5.99. The molecule has 1 atom stereocenters. The number of hydrogen-bond acceptors (Lipinski definition) is 2. The molecule has 78 valence electrons.